The van der Waals surface area contributed by atoms with E-state index in [1.807, 2.05) is 59.2 Å². The predicted molar refractivity (Wildman–Crippen MR) is 115 cm³/mol. The van der Waals surface area contributed by atoms with Crippen molar-refractivity contribution in [3.63, 3.8) is 0 Å². The topological polar surface area (TPSA) is 91.0 Å². The van der Waals surface area contributed by atoms with Gasteiger partial charge in [0, 0.05) is 56.8 Å². The highest BCUT2D eigenvalue weighted by molar-refractivity contribution is 7.16. The molecule has 0 bridgehead atoms. The minimum atomic E-state index is 0.00639. The van der Waals surface area contributed by atoms with Gasteiger partial charge in [0.2, 0.25) is 5.88 Å². The Morgan fingerprint density at radius 2 is 1.90 bits per heavy atom. The van der Waals surface area contributed by atoms with Gasteiger partial charge in [-0.2, -0.15) is 5.10 Å². The average molecular weight is 436 g/mol. The molecule has 5 heterocycles. The van der Waals surface area contributed by atoms with Gasteiger partial charge >= 0.3 is 0 Å². The molecule has 1 aliphatic heterocycles. The summed E-state index contributed by atoms with van der Waals surface area (Å²) >= 11 is 1.43. The van der Waals surface area contributed by atoms with E-state index >= 15 is 0 Å². The van der Waals surface area contributed by atoms with Gasteiger partial charge < -0.3 is 14.2 Å². The summed E-state index contributed by atoms with van der Waals surface area (Å²) in [6, 6.07) is 9.33. The molecule has 1 aliphatic rings. The lowest BCUT2D eigenvalue weighted by Crippen LogP contribution is -2.41. The molecule has 5 rings (SSSR count). The summed E-state index contributed by atoms with van der Waals surface area (Å²) in [7, 11) is 0. The van der Waals surface area contributed by atoms with E-state index in [-0.39, 0.29) is 12.0 Å². The number of amides is 1. The van der Waals surface area contributed by atoms with Crippen molar-refractivity contribution in [2.45, 2.75) is 25.9 Å². The molecule has 0 N–H and O–H groups in total. The predicted octanol–water partition coefficient (Wildman–Crippen LogP) is 2.90. The van der Waals surface area contributed by atoms with Crippen LogP contribution < -0.4 is 4.74 Å². The van der Waals surface area contributed by atoms with E-state index in [2.05, 4.69) is 20.3 Å². The van der Waals surface area contributed by atoms with Crippen LogP contribution in [-0.4, -0.2) is 59.5 Å². The van der Waals surface area contributed by atoms with E-state index in [1.54, 1.807) is 16.9 Å². The van der Waals surface area contributed by atoms with Crippen LogP contribution in [0, 0.1) is 6.92 Å². The number of thiazole rings is 1. The molecule has 0 unspecified atom stereocenters. The minimum Gasteiger partial charge on any atom is -0.473 e. The molecule has 0 spiro atoms. The van der Waals surface area contributed by atoms with Crippen molar-refractivity contribution in [2.24, 2.45) is 0 Å². The summed E-state index contributed by atoms with van der Waals surface area (Å²) in [6.45, 7) is 3.16. The van der Waals surface area contributed by atoms with Gasteiger partial charge in [0.1, 0.15) is 11.0 Å². The monoisotopic (exact) mass is 435 g/mol. The summed E-state index contributed by atoms with van der Waals surface area (Å²) in [6.07, 6.45) is 8.86. The first-order valence-corrected chi connectivity index (χ1v) is 10.9. The average Bonchev–Trinajstić information content (AvgIpc) is 3.56. The Labute approximate surface area is 182 Å². The standard InChI is InChI=1S/C21H21N7O2S/c1-15-19(31-21(23-15)27-10-2-3-11-27)20(29)26-13-7-16(8-14-26)30-18-6-5-17(24-25-18)28-12-4-9-22-28/h2-6,9-12,16H,7-8,13-14H2,1H3. The number of hydrogen-bond donors (Lipinski definition) is 0. The summed E-state index contributed by atoms with van der Waals surface area (Å²) in [5, 5.41) is 13.2. The van der Waals surface area contributed by atoms with Crippen LogP contribution in [0.4, 0.5) is 0 Å². The summed E-state index contributed by atoms with van der Waals surface area (Å²) < 4.78 is 9.55. The Morgan fingerprint density at radius 1 is 1.10 bits per heavy atom. The van der Waals surface area contributed by atoms with Crippen molar-refractivity contribution in [3.8, 4) is 16.8 Å². The zero-order valence-electron chi connectivity index (χ0n) is 17.0. The molecule has 0 saturated carbocycles. The Hall–Kier alpha value is -3.53. The normalized spacial score (nSPS) is 14.7. The largest absolute Gasteiger partial charge is 0.473 e. The summed E-state index contributed by atoms with van der Waals surface area (Å²) in [4.78, 5) is 20.2. The molecule has 0 aromatic carbocycles. The summed E-state index contributed by atoms with van der Waals surface area (Å²) in [5.41, 5.74) is 0.768. The van der Waals surface area contributed by atoms with Crippen LogP contribution in [-0.2, 0) is 0 Å². The lowest BCUT2D eigenvalue weighted by atomic mass is 10.1. The Bertz CT molecular complexity index is 1150. The Balaban J connectivity index is 1.18. The number of aryl methyl sites for hydroxylation is 1. The zero-order valence-corrected chi connectivity index (χ0v) is 17.8. The van der Waals surface area contributed by atoms with E-state index in [0.29, 0.717) is 29.7 Å². The third kappa shape index (κ3) is 4.06. The molecular formula is C21H21N7O2S. The first-order chi connectivity index (χ1) is 15.2. The summed E-state index contributed by atoms with van der Waals surface area (Å²) in [5.74, 6) is 1.16. The van der Waals surface area contributed by atoms with Crippen molar-refractivity contribution >= 4 is 17.2 Å². The van der Waals surface area contributed by atoms with Gasteiger partial charge in [-0.3, -0.25) is 4.79 Å². The van der Waals surface area contributed by atoms with Crippen molar-refractivity contribution in [1.29, 1.82) is 0 Å². The van der Waals surface area contributed by atoms with Crippen LogP contribution in [0.5, 0.6) is 5.88 Å². The number of nitrogens with zero attached hydrogens (tertiary/aromatic N) is 7. The quantitative estimate of drug-likeness (QED) is 0.479. The van der Waals surface area contributed by atoms with Crippen LogP contribution in [0.25, 0.3) is 10.9 Å². The van der Waals surface area contributed by atoms with E-state index in [9.17, 15) is 4.79 Å². The lowest BCUT2D eigenvalue weighted by molar-refractivity contribution is 0.0589. The van der Waals surface area contributed by atoms with Crippen LogP contribution in [0.15, 0.2) is 55.1 Å². The second-order valence-corrected chi connectivity index (χ2v) is 8.27. The molecule has 0 atom stereocenters. The molecule has 1 saturated heterocycles. The van der Waals surface area contributed by atoms with E-state index in [0.717, 1.165) is 23.7 Å². The van der Waals surface area contributed by atoms with Crippen LogP contribution in [0.2, 0.25) is 0 Å². The fourth-order valence-corrected chi connectivity index (χ4v) is 4.55. The van der Waals surface area contributed by atoms with Gasteiger partial charge in [-0.05, 0) is 31.2 Å². The fourth-order valence-electron chi connectivity index (χ4n) is 3.55. The molecule has 10 heteroatoms. The molecule has 1 amide bonds. The number of aromatic nitrogens is 6. The zero-order chi connectivity index (χ0) is 21.2. The van der Waals surface area contributed by atoms with E-state index < -0.39 is 0 Å². The van der Waals surface area contributed by atoms with Crippen molar-refractivity contribution in [2.75, 3.05) is 13.1 Å². The number of likely N-dealkylation sites (tertiary alicyclic amines) is 1. The maximum absolute atomic E-state index is 13.0. The van der Waals surface area contributed by atoms with Gasteiger partial charge in [0.05, 0.1) is 5.69 Å². The minimum absolute atomic E-state index is 0.00639. The number of rotatable bonds is 5. The molecule has 4 aromatic rings. The SMILES string of the molecule is Cc1nc(-n2cccc2)sc1C(=O)N1CCC(Oc2ccc(-n3cccn3)nn2)CC1. The first kappa shape index (κ1) is 19.4. The van der Waals surface area contributed by atoms with Crippen LogP contribution >= 0.6 is 11.3 Å². The third-order valence-electron chi connectivity index (χ3n) is 5.19. The van der Waals surface area contributed by atoms with Crippen LogP contribution in [0.3, 0.4) is 0 Å². The van der Waals surface area contributed by atoms with Gasteiger partial charge in [0.25, 0.3) is 5.91 Å². The number of carbonyl (C=O) groups excluding carboxylic acids is 1. The number of hydrogen-bond acceptors (Lipinski definition) is 7. The smallest absolute Gasteiger partial charge is 0.265 e. The molecule has 4 aromatic heterocycles. The van der Waals surface area contributed by atoms with E-state index in [4.69, 9.17) is 4.74 Å². The second kappa shape index (κ2) is 8.31. The van der Waals surface area contributed by atoms with Crippen molar-refractivity contribution < 1.29 is 9.53 Å². The van der Waals surface area contributed by atoms with Crippen molar-refractivity contribution in [1.82, 2.24) is 34.4 Å². The maximum Gasteiger partial charge on any atom is 0.265 e. The highest BCUT2D eigenvalue weighted by atomic mass is 32.1. The number of ether oxygens (including phenoxy) is 1. The number of carbonyl (C=O) groups is 1. The van der Waals surface area contributed by atoms with Crippen molar-refractivity contribution in [3.05, 3.63) is 65.7 Å². The first-order valence-electron chi connectivity index (χ1n) is 10.1. The Morgan fingerprint density at radius 3 is 2.58 bits per heavy atom. The fraction of sp³-hybridized carbons (Fsp3) is 0.286. The lowest BCUT2D eigenvalue weighted by Gasteiger charge is -2.31. The number of piperidine rings is 1. The van der Waals surface area contributed by atoms with Gasteiger partial charge in [-0.25, -0.2) is 9.67 Å². The maximum atomic E-state index is 13.0. The Kier molecular flexibility index (Phi) is 5.21. The molecule has 158 valence electrons. The van der Waals surface area contributed by atoms with Gasteiger partial charge in [0.15, 0.2) is 10.9 Å². The molecule has 31 heavy (non-hydrogen) atoms. The highest BCUT2D eigenvalue weighted by Gasteiger charge is 2.27. The molecule has 1 fully saturated rings. The van der Waals surface area contributed by atoms with E-state index in [1.165, 1.54) is 11.3 Å². The van der Waals surface area contributed by atoms with Crippen LogP contribution in [0.1, 0.15) is 28.2 Å². The third-order valence-corrected chi connectivity index (χ3v) is 6.35. The molecule has 0 radical (unpaired) electrons. The molecule has 9 nitrogen and oxygen atoms in total. The van der Waals surface area contributed by atoms with Gasteiger partial charge in [-0.15, -0.1) is 10.2 Å². The van der Waals surface area contributed by atoms with Gasteiger partial charge in [-0.1, -0.05) is 11.3 Å². The second-order valence-electron chi connectivity index (χ2n) is 7.29. The molecule has 0 aliphatic carbocycles. The molecular weight excluding hydrogens is 414 g/mol. The highest BCUT2D eigenvalue weighted by Crippen LogP contribution is 2.25.